The third-order valence-electron chi connectivity index (χ3n) is 2.69. The molecule has 2 N–H and O–H groups in total. The van der Waals surface area contributed by atoms with Crippen LogP contribution in [0, 0.1) is 0 Å². The Morgan fingerprint density at radius 1 is 1.39 bits per heavy atom. The Bertz CT molecular complexity index is 523. The summed E-state index contributed by atoms with van der Waals surface area (Å²) in [4.78, 5) is 22.5. The first-order valence-electron chi connectivity index (χ1n) is 5.54. The summed E-state index contributed by atoms with van der Waals surface area (Å²) in [5.41, 5.74) is 2.29. The van der Waals surface area contributed by atoms with Gasteiger partial charge in [-0.05, 0) is 30.0 Å². The maximum Gasteiger partial charge on any atom is 0.337 e. The molecule has 1 aliphatic rings. The summed E-state index contributed by atoms with van der Waals surface area (Å²) in [5.74, 6) is -0.494. The van der Waals surface area contributed by atoms with Crippen molar-refractivity contribution in [2.45, 2.75) is 13.1 Å². The molecule has 0 saturated heterocycles. The highest BCUT2D eigenvalue weighted by atomic mass is 16.5. The van der Waals surface area contributed by atoms with Gasteiger partial charge in [0, 0.05) is 12.5 Å². The van der Waals surface area contributed by atoms with Crippen LogP contribution in [0.15, 0.2) is 24.4 Å². The number of esters is 1. The average molecular weight is 246 g/mol. The molecule has 1 unspecified atom stereocenters. The highest BCUT2D eigenvalue weighted by molar-refractivity contribution is 5.90. The molecule has 5 nitrogen and oxygen atoms in total. The SMILES string of the molecule is COC(=O)c1ccc2c(c1)C=CNC2NC(C)=O. The number of ether oxygens (including phenoxy) is 1. The second kappa shape index (κ2) is 4.91. The largest absolute Gasteiger partial charge is 0.465 e. The van der Waals surface area contributed by atoms with E-state index in [9.17, 15) is 9.59 Å². The minimum atomic E-state index is -0.374. The maximum atomic E-state index is 11.4. The summed E-state index contributed by atoms with van der Waals surface area (Å²) < 4.78 is 4.67. The van der Waals surface area contributed by atoms with Gasteiger partial charge in [0.25, 0.3) is 0 Å². The normalized spacial score (nSPS) is 16.4. The lowest BCUT2D eigenvalue weighted by Crippen LogP contribution is -2.36. The van der Waals surface area contributed by atoms with E-state index in [4.69, 9.17) is 0 Å². The average Bonchev–Trinajstić information content (AvgIpc) is 2.37. The summed E-state index contributed by atoms with van der Waals surface area (Å²) in [6.45, 7) is 1.46. The predicted molar refractivity (Wildman–Crippen MR) is 66.5 cm³/mol. The number of carbonyl (C=O) groups is 2. The molecule has 0 radical (unpaired) electrons. The Morgan fingerprint density at radius 3 is 2.83 bits per heavy atom. The molecule has 94 valence electrons. The number of amides is 1. The van der Waals surface area contributed by atoms with E-state index in [2.05, 4.69) is 15.4 Å². The zero-order valence-corrected chi connectivity index (χ0v) is 10.2. The zero-order valence-electron chi connectivity index (χ0n) is 10.2. The molecule has 0 aliphatic carbocycles. The number of methoxy groups -OCH3 is 1. The van der Waals surface area contributed by atoms with Crippen molar-refractivity contribution in [3.63, 3.8) is 0 Å². The van der Waals surface area contributed by atoms with Gasteiger partial charge in [0.1, 0.15) is 6.17 Å². The van der Waals surface area contributed by atoms with Crippen LogP contribution in [0.5, 0.6) is 0 Å². The number of nitrogens with one attached hydrogen (secondary N) is 2. The van der Waals surface area contributed by atoms with Gasteiger partial charge in [-0.1, -0.05) is 6.07 Å². The molecule has 0 fully saturated rings. The van der Waals surface area contributed by atoms with Crippen molar-refractivity contribution in [1.82, 2.24) is 10.6 Å². The molecule has 1 amide bonds. The standard InChI is InChI=1S/C13H14N2O3/c1-8(16)15-12-11-4-3-10(13(17)18-2)7-9(11)5-6-14-12/h3-7,12,14H,1-2H3,(H,15,16). The van der Waals surface area contributed by atoms with E-state index in [0.717, 1.165) is 11.1 Å². The number of hydrogen-bond acceptors (Lipinski definition) is 4. The van der Waals surface area contributed by atoms with Crippen LogP contribution in [-0.2, 0) is 9.53 Å². The molecule has 1 aromatic rings. The molecule has 0 spiro atoms. The predicted octanol–water partition coefficient (Wildman–Crippen LogP) is 1.18. The van der Waals surface area contributed by atoms with Gasteiger partial charge in [-0.3, -0.25) is 4.79 Å². The second-order valence-corrected chi connectivity index (χ2v) is 3.97. The van der Waals surface area contributed by atoms with Gasteiger partial charge >= 0.3 is 5.97 Å². The van der Waals surface area contributed by atoms with E-state index in [-0.39, 0.29) is 18.0 Å². The van der Waals surface area contributed by atoms with Gasteiger partial charge < -0.3 is 15.4 Å². The Labute approximate surface area is 105 Å². The van der Waals surface area contributed by atoms with E-state index in [1.54, 1.807) is 24.4 Å². The third kappa shape index (κ3) is 2.34. The number of benzene rings is 1. The third-order valence-corrected chi connectivity index (χ3v) is 2.69. The van der Waals surface area contributed by atoms with E-state index in [1.165, 1.54) is 14.0 Å². The first kappa shape index (κ1) is 12.2. The van der Waals surface area contributed by atoms with Crippen molar-refractivity contribution < 1.29 is 14.3 Å². The second-order valence-electron chi connectivity index (χ2n) is 3.97. The molecular formula is C13H14N2O3. The summed E-state index contributed by atoms with van der Waals surface area (Å²) in [5, 5.41) is 5.82. The molecule has 0 bridgehead atoms. The van der Waals surface area contributed by atoms with Crippen LogP contribution in [0.3, 0.4) is 0 Å². The summed E-state index contributed by atoms with van der Waals surface area (Å²) in [6, 6.07) is 5.23. The molecule has 0 aromatic heterocycles. The fourth-order valence-corrected chi connectivity index (χ4v) is 1.87. The lowest BCUT2D eigenvalue weighted by Gasteiger charge is -2.24. The van der Waals surface area contributed by atoms with E-state index in [0.29, 0.717) is 5.56 Å². The summed E-state index contributed by atoms with van der Waals surface area (Å²) >= 11 is 0. The van der Waals surface area contributed by atoms with Crippen molar-refractivity contribution >= 4 is 18.0 Å². The van der Waals surface area contributed by atoms with Crippen molar-refractivity contribution in [1.29, 1.82) is 0 Å². The number of hydrogen-bond donors (Lipinski definition) is 2. The lowest BCUT2D eigenvalue weighted by atomic mass is 9.99. The molecule has 0 saturated carbocycles. The van der Waals surface area contributed by atoms with Crippen LogP contribution in [0.2, 0.25) is 0 Å². The van der Waals surface area contributed by atoms with Gasteiger partial charge in [-0.2, -0.15) is 0 Å². The quantitative estimate of drug-likeness (QED) is 0.769. The Morgan fingerprint density at radius 2 is 2.17 bits per heavy atom. The number of carbonyl (C=O) groups excluding carboxylic acids is 2. The summed E-state index contributed by atoms with van der Waals surface area (Å²) in [6.07, 6.45) is 3.32. The molecule has 5 heteroatoms. The van der Waals surface area contributed by atoms with Crippen LogP contribution < -0.4 is 10.6 Å². The molecule has 2 rings (SSSR count). The first-order valence-corrected chi connectivity index (χ1v) is 5.54. The Hall–Kier alpha value is -2.30. The van der Waals surface area contributed by atoms with Crippen LogP contribution >= 0.6 is 0 Å². The summed E-state index contributed by atoms with van der Waals surface area (Å²) in [7, 11) is 1.35. The monoisotopic (exact) mass is 246 g/mol. The van der Waals surface area contributed by atoms with Crippen LogP contribution in [-0.4, -0.2) is 19.0 Å². The molecule has 18 heavy (non-hydrogen) atoms. The minimum Gasteiger partial charge on any atom is -0.465 e. The van der Waals surface area contributed by atoms with Gasteiger partial charge in [0.15, 0.2) is 0 Å². The maximum absolute atomic E-state index is 11.4. The minimum absolute atomic E-state index is 0.120. The van der Waals surface area contributed by atoms with Crippen molar-refractivity contribution in [2.24, 2.45) is 0 Å². The van der Waals surface area contributed by atoms with Crippen LogP contribution in [0.25, 0.3) is 6.08 Å². The zero-order chi connectivity index (χ0) is 13.1. The topological polar surface area (TPSA) is 67.4 Å². The van der Waals surface area contributed by atoms with E-state index in [1.807, 2.05) is 6.08 Å². The lowest BCUT2D eigenvalue weighted by molar-refractivity contribution is -0.119. The molecule has 1 aromatic carbocycles. The van der Waals surface area contributed by atoms with E-state index >= 15 is 0 Å². The van der Waals surface area contributed by atoms with Gasteiger partial charge in [-0.25, -0.2) is 4.79 Å². The van der Waals surface area contributed by atoms with Crippen LogP contribution in [0.1, 0.15) is 34.6 Å². The molecule has 1 aliphatic heterocycles. The number of rotatable bonds is 2. The number of fused-ring (bicyclic) bond motifs is 1. The smallest absolute Gasteiger partial charge is 0.337 e. The fraction of sp³-hybridized carbons (Fsp3) is 0.231. The first-order chi connectivity index (χ1) is 8.61. The Balaban J connectivity index is 2.34. The van der Waals surface area contributed by atoms with Crippen molar-refractivity contribution in [2.75, 3.05) is 7.11 Å². The van der Waals surface area contributed by atoms with Gasteiger partial charge in [-0.15, -0.1) is 0 Å². The Kier molecular flexibility index (Phi) is 3.32. The molecule has 1 heterocycles. The molecule has 1 atom stereocenters. The van der Waals surface area contributed by atoms with Gasteiger partial charge in [0.2, 0.25) is 5.91 Å². The van der Waals surface area contributed by atoms with Crippen LogP contribution in [0.4, 0.5) is 0 Å². The highest BCUT2D eigenvalue weighted by Gasteiger charge is 2.18. The van der Waals surface area contributed by atoms with Crippen molar-refractivity contribution in [3.05, 3.63) is 41.1 Å². The van der Waals surface area contributed by atoms with E-state index < -0.39 is 0 Å². The van der Waals surface area contributed by atoms with Gasteiger partial charge in [0.05, 0.1) is 12.7 Å². The molecular weight excluding hydrogens is 232 g/mol. The highest BCUT2D eigenvalue weighted by Crippen LogP contribution is 2.23. The van der Waals surface area contributed by atoms with Crippen molar-refractivity contribution in [3.8, 4) is 0 Å². The fourth-order valence-electron chi connectivity index (χ4n) is 1.87.